The summed E-state index contributed by atoms with van der Waals surface area (Å²) < 4.78 is 16.2. The van der Waals surface area contributed by atoms with Crippen LogP contribution in [0.1, 0.15) is 28.3 Å². The Morgan fingerprint density at radius 2 is 1.76 bits per heavy atom. The number of nitrogens with zero attached hydrogens (tertiary/aromatic N) is 2. The Labute approximate surface area is 202 Å². The summed E-state index contributed by atoms with van der Waals surface area (Å²) in [6, 6.07) is 13.9. The number of phenols is 1. The second kappa shape index (κ2) is 9.79. The maximum Gasteiger partial charge on any atom is 0.273 e. The Balaban J connectivity index is 1.83. The van der Waals surface area contributed by atoms with E-state index in [9.17, 15) is 15.2 Å². The van der Waals surface area contributed by atoms with Gasteiger partial charge in [-0.2, -0.15) is 0 Å². The van der Waals surface area contributed by atoms with Crippen molar-refractivity contribution >= 4 is 17.3 Å². The topological polar surface area (TPSA) is 94.3 Å². The van der Waals surface area contributed by atoms with Crippen molar-refractivity contribution in [2.75, 3.05) is 27.9 Å². The third-order valence-electron chi connectivity index (χ3n) is 6.08. The molecule has 1 aliphatic rings. The van der Waals surface area contributed by atoms with Crippen molar-refractivity contribution in [1.29, 1.82) is 0 Å². The van der Waals surface area contributed by atoms with E-state index in [0.29, 0.717) is 28.6 Å². The molecular weight excluding hydrogens is 460 g/mol. The number of ether oxygens (including phenoxy) is 3. The second-order valence-electron chi connectivity index (χ2n) is 8.00. The highest BCUT2D eigenvalue weighted by atomic mass is 35.5. The van der Waals surface area contributed by atoms with E-state index in [-0.39, 0.29) is 29.8 Å². The summed E-state index contributed by atoms with van der Waals surface area (Å²) in [5, 5.41) is 22.8. The molecule has 8 nitrogen and oxygen atoms in total. The Bertz CT molecular complexity index is 1230. The lowest BCUT2D eigenvalue weighted by Crippen LogP contribution is -2.35. The van der Waals surface area contributed by atoms with Crippen LogP contribution in [0.15, 0.2) is 48.5 Å². The van der Waals surface area contributed by atoms with Crippen molar-refractivity contribution in [2.45, 2.75) is 19.0 Å². The van der Waals surface area contributed by atoms with Crippen LogP contribution in [0.3, 0.4) is 0 Å². The minimum Gasteiger partial charge on any atom is -0.504 e. The van der Waals surface area contributed by atoms with Crippen LogP contribution in [0.4, 0.5) is 5.69 Å². The lowest BCUT2D eigenvalue weighted by atomic mass is 9.87. The van der Waals surface area contributed by atoms with E-state index in [0.717, 1.165) is 23.1 Å². The number of nitro benzene ring substituents is 1. The first-order valence-corrected chi connectivity index (χ1v) is 11.0. The molecule has 4 rings (SSSR count). The number of hydrogen-bond acceptors (Lipinski definition) is 7. The molecule has 0 radical (unpaired) electrons. The van der Waals surface area contributed by atoms with Crippen LogP contribution < -0.4 is 14.2 Å². The number of fused-ring (bicyclic) bond motifs is 1. The second-order valence-corrected chi connectivity index (χ2v) is 8.43. The number of non-ortho nitro benzene ring substituents is 1. The van der Waals surface area contributed by atoms with Crippen LogP contribution in [0.5, 0.6) is 23.0 Å². The van der Waals surface area contributed by atoms with Gasteiger partial charge in [0.05, 0.1) is 38.4 Å². The van der Waals surface area contributed by atoms with Gasteiger partial charge in [0.25, 0.3) is 5.69 Å². The van der Waals surface area contributed by atoms with Gasteiger partial charge < -0.3 is 19.3 Å². The number of aromatic hydroxyl groups is 1. The first kappa shape index (κ1) is 23.7. The SMILES string of the molecule is COc1cc2c(cc1OC)C(c1cccc(Cl)c1)N(Cc1cc([N+](=O)[O-])cc(OC)c1O)CC2. The van der Waals surface area contributed by atoms with Gasteiger partial charge in [-0.25, -0.2) is 0 Å². The van der Waals surface area contributed by atoms with Gasteiger partial charge in [-0.05, 0) is 47.4 Å². The minimum atomic E-state index is -0.497. The van der Waals surface area contributed by atoms with Crippen molar-refractivity contribution in [2.24, 2.45) is 0 Å². The molecule has 1 unspecified atom stereocenters. The van der Waals surface area contributed by atoms with Gasteiger partial charge in [-0.15, -0.1) is 0 Å². The number of hydrogen-bond donors (Lipinski definition) is 1. The molecule has 0 amide bonds. The molecule has 0 bridgehead atoms. The van der Waals surface area contributed by atoms with Crippen LogP contribution in [0.2, 0.25) is 5.02 Å². The van der Waals surface area contributed by atoms with Gasteiger partial charge in [0.2, 0.25) is 0 Å². The number of nitro groups is 1. The predicted molar refractivity (Wildman–Crippen MR) is 128 cm³/mol. The van der Waals surface area contributed by atoms with Crippen LogP contribution in [0.25, 0.3) is 0 Å². The number of rotatable bonds is 7. The first-order valence-electron chi connectivity index (χ1n) is 10.6. The largest absolute Gasteiger partial charge is 0.504 e. The first-order chi connectivity index (χ1) is 16.4. The van der Waals surface area contributed by atoms with Crippen molar-refractivity contribution in [3.05, 3.63) is 85.9 Å². The Morgan fingerprint density at radius 3 is 2.41 bits per heavy atom. The van der Waals surface area contributed by atoms with Gasteiger partial charge >= 0.3 is 0 Å². The molecular formula is C25H25ClN2O6. The smallest absolute Gasteiger partial charge is 0.273 e. The summed E-state index contributed by atoms with van der Waals surface area (Å²) in [7, 11) is 4.56. The standard InChI is InChI=1S/C25H25ClN2O6/c1-32-21-11-15-7-8-27(14-17-10-19(28(30)31)12-23(34-3)25(17)29)24(20(15)13-22(21)33-2)16-5-4-6-18(26)9-16/h4-6,9-13,24,29H,7-8,14H2,1-3H3. The van der Waals surface area contributed by atoms with Crippen LogP contribution >= 0.6 is 11.6 Å². The highest BCUT2D eigenvalue weighted by Gasteiger charge is 2.32. The number of phenolic OH excluding ortho intramolecular Hbond substituents is 1. The summed E-state index contributed by atoms with van der Waals surface area (Å²) in [4.78, 5) is 13.1. The van der Waals surface area contributed by atoms with E-state index < -0.39 is 4.92 Å². The molecule has 3 aromatic carbocycles. The van der Waals surface area contributed by atoms with E-state index in [2.05, 4.69) is 4.90 Å². The fourth-order valence-corrected chi connectivity index (χ4v) is 4.68. The van der Waals surface area contributed by atoms with Gasteiger partial charge in [-0.1, -0.05) is 23.7 Å². The molecule has 0 aromatic heterocycles. The lowest BCUT2D eigenvalue weighted by molar-refractivity contribution is -0.385. The highest BCUT2D eigenvalue weighted by Crippen LogP contribution is 2.43. The van der Waals surface area contributed by atoms with E-state index in [1.54, 1.807) is 14.2 Å². The molecule has 1 heterocycles. The molecule has 0 spiro atoms. The number of benzene rings is 3. The molecule has 0 fully saturated rings. The quantitative estimate of drug-likeness (QED) is 0.367. The van der Waals surface area contributed by atoms with Crippen molar-refractivity contribution < 1.29 is 24.2 Å². The summed E-state index contributed by atoms with van der Waals surface area (Å²) >= 11 is 6.33. The Hall–Kier alpha value is -3.49. The molecule has 1 atom stereocenters. The monoisotopic (exact) mass is 484 g/mol. The normalized spacial score (nSPS) is 15.5. The zero-order valence-electron chi connectivity index (χ0n) is 19.1. The zero-order valence-corrected chi connectivity index (χ0v) is 19.8. The molecule has 1 aliphatic heterocycles. The van der Waals surface area contributed by atoms with Crippen LogP contribution in [-0.4, -0.2) is 42.8 Å². The number of methoxy groups -OCH3 is 3. The molecule has 3 aromatic rings. The molecule has 0 saturated heterocycles. The summed E-state index contributed by atoms with van der Waals surface area (Å²) in [5.74, 6) is 1.21. The average molecular weight is 485 g/mol. The Kier molecular flexibility index (Phi) is 6.81. The van der Waals surface area contributed by atoms with Gasteiger partial charge in [0, 0.05) is 29.7 Å². The minimum absolute atomic E-state index is 0.0623. The maximum absolute atomic E-state index is 11.5. The molecule has 178 valence electrons. The molecule has 1 N–H and O–H groups in total. The highest BCUT2D eigenvalue weighted by molar-refractivity contribution is 6.30. The zero-order chi connectivity index (χ0) is 24.4. The van der Waals surface area contributed by atoms with Gasteiger partial charge in [0.15, 0.2) is 23.0 Å². The third-order valence-corrected chi connectivity index (χ3v) is 6.32. The molecule has 34 heavy (non-hydrogen) atoms. The Morgan fingerprint density at radius 1 is 1.06 bits per heavy atom. The van der Waals surface area contributed by atoms with Crippen molar-refractivity contribution in [1.82, 2.24) is 4.90 Å². The molecule has 9 heteroatoms. The fourth-order valence-electron chi connectivity index (χ4n) is 4.48. The van der Waals surface area contributed by atoms with Crippen LogP contribution in [-0.2, 0) is 13.0 Å². The predicted octanol–water partition coefficient (Wildman–Crippen LogP) is 5.13. The van der Waals surface area contributed by atoms with Crippen LogP contribution in [0, 0.1) is 10.1 Å². The molecule has 0 aliphatic carbocycles. The van der Waals surface area contributed by atoms with Crippen molar-refractivity contribution in [3.8, 4) is 23.0 Å². The summed E-state index contributed by atoms with van der Waals surface area (Å²) in [6.45, 7) is 0.902. The average Bonchev–Trinajstić information content (AvgIpc) is 2.83. The third kappa shape index (κ3) is 4.47. The van der Waals surface area contributed by atoms with E-state index in [1.807, 2.05) is 36.4 Å². The fraction of sp³-hybridized carbons (Fsp3) is 0.280. The number of halogens is 1. The van der Waals surface area contributed by atoms with E-state index in [4.69, 9.17) is 25.8 Å². The molecule has 0 saturated carbocycles. The van der Waals surface area contributed by atoms with E-state index in [1.165, 1.54) is 19.2 Å². The summed E-state index contributed by atoms with van der Waals surface area (Å²) in [6.07, 6.45) is 0.722. The maximum atomic E-state index is 11.5. The van der Waals surface area contributed by atoms with Crippen molar-refractivity contribution in [3.63, 3.8) is 0 Å². The van der Waals surface area contributed by atoms with E-state index >= 15 is 0 Å². The summed E-state index contributed by atoms with van der Waals surface area (Å²) in [5.41, 5.74) is 3.34. The lowest BCUT2D eigenvalue weighted by Gasteiger charge is -2.38. The van der Waals surface area contributed by atoms with Gasteiger partial charge in [0.1, 0.15) is 0 Å². The van der Waals surface area contributed by atoms with Gasteiger partial charge in [-0.3, -0.25) is 15.0 Å².